The van der Waals surface area contributed by atoms with E-state index in [1.165, 1.54) is 0 Å². The van der Waals surface area contributed by atoms with Crippen LogP contribution < -0.4 is 10.9 Å². The van der Waals surface area contributed by atoms with E-state index in [-0.39, 0.29) is 5.56 Å². The van der Waals surface area contributed by atoms with Gasteiger partial charge in [-0.25, -0.2) is 0 Å². The van der Waals surface area contributed by atoms with E-state index in [0.29, 0.717) is 12.6 Å². The molecule has 0 amide bonds. The van der Waals surface area contributed by atoms with Gasteiger partial charge in [-0.05, 0) is 6.07 Å². The molecule has 0 unspecified atom stereocenters. The second kappa shape index (κ2) is 4.07. The van der Waals surface area contributed by atoms with Crippen molar-refractivity contribution in [2.45, 2.75) is 26.4 Å². The Bertz CT molecular complexity index is 291. The van der Waals surface area contributed by atoms with Gasteiger partial charge in [-0.2, -0.15) is 0 Å². The highest BCUT2D eigenvalue weighted by Crippen LogP contribution is 1.89. The Hall–Kier alpha value is -1.09. The van der Waals surface area contributed by atoms with E-state index in [4.69, 9.17) is 0 Å². The normalized spacial score (nSPS) is 10.6. The maximum atomic E-state index is 11.1. The fourth-order valence-electron chi connectivity index (χ4n) is 0.910. The maximum absolute atomic E-state index is 11.1. The molecule has 0 fully saturated rings. The van der Waals surface area contributed by atoms with Crippen molar-refractivity contribution >= 4 is 0 Å². The number of rotatable bonds is 3. The van der Waals surface area contributed by atoms with Gasteiger partial charge in [0.1, 0.15) is 0 Å². The summed E-state index contributed by atoms with van der Waals surface area (Å²) in [4.78, 5) is 13.8. The summed E-state index contributed by atoms with van der Waals surface area (Å²) in [7, 11) is 0. The number of aromatic nitrogens is 1. The molecule has 0 saturated heterocycles. The molecule has 1 aromatic rings. The summed E-state index contributed by atoms with van der Waals surface area (Å²) in [6, 6.07) is 4.07. The van der Waals surface area contributed by atoms with Crippen LogP contribution in [0.25, 0.3) is 0 Å². The minimum atomic E-state index is -0.00866. The van der Waals surface area contributed by atoms with Crippen molar-refractivity contribution in [1.29, 1.82) is 0 Å². The van der Waals surface area contributed by atoms with E-state index in [1.807, 2.05) is 12.1 Å². The Kier molecular flexibility index (Phi) is 3.05. The number of H-pyrrole nitrogens is 1. The Morgan fingerprint density at radius 2 is 2.33 bits per heavy atom. The molecule has 0 aliphatic rings. The van der Waals surface area contributed by atoms with E-state index in [1.54, 1.807) is 6.20 Å². The summed E-state index contributed by atoms with van der Waals surface area (Å²) in [5.74, 6) is 0. The lowest BCUT2D eigenvalue weighted by Gasteiger charge is -2.06. The average molecular weight is 166 g/mol. The Balaban J connectivity index is 2.64. The number of pyridine rings is 1. The molecule has 3 nitrogen and oxygen atoms in total. The zero-order chi connectivity index (χ0) is 8.97. The van der Waals surface area contributed by atoms with Gasteiger partial charge in [0.15, 0.2) is 0 Å². The van der Waals surface area contributed by atoms with Gasteiger partial charge in [0.05, 0.1) is 0 Å². The number of nitrogens with one attached hydrogen (secondary N) is 2. The zero-order valence-electron chi connectivity index (χ0n) is 7.42. The highest BCUT2D eigenvalue weighted by molar-refractivity contribution is 5.08. The van der Waals surface area contributed by atoms with Crippen LogP contribution in [0.4, 0.5) is 0 Å². The summed E-state index contributed by atoms with van der Waals surface area (Å²) in [5.41, 5.74) is 0.775. The Morgan fingerprint density at radius 1 is 1.58 bits per heavy atom. The molecule has 0 bridgehead atoms. The van der Waals surface area contributed by atoms with Crippen LogP contribution in [0.5, 0.6) is 0 Å². The fourth-order valence-corrected chi connectivity index (χ4v) is 0.910. The first-order valence-electron chi connectivity index (χ1n) is 4.10. The minimum Gasteiger partial charge on any atom is -0.329 e. The van der Waals surface area contributed by atoms with Gasteiger partial charge in [0, 0.05) is 24.3 Å². The number of hydrogen-bond donors (Lipinski definition) is 2. The smallest absolute Gasteiger partial charge is 0.252 e. The topological polar surface area (TPSA) is 44.9 Å². The SMILES string of the molecule is CC(C)NCc1ccc[nH]c1=O. The third-order valence-corrected chi connectivity index (χ3v) is 1.60. The second-order valence-electron chi connectivity index (χ2n) is 3.06. The molecular formula is C9H14N2O. The fraction of sp³-hybridized carbons (Fsp3) is 0.444. The first-order chi connectivity index (χ1) is 5.70. The van der Waals surface area contributed by atoms with Crippen molar-refractivity contribution in [1.82, 2.24) is 10.3 Å². The van der Waals surface area contributed by atoms with E-state index >= 15 is 0 Å². The van der Waals surface area contributed by atoms with Crippen molar-refractivity contribution in [3.63, 3.8) is 0 Å². The molecule has 1 heterocycles. The van der Waals surface area contributed by atoms with Crippen LogP contribution in [-0.4, -0.2) is 11.0 Å². The standard InChI is InChI=1S/C9H14N2O/c1-7(2)11-6-8-4-3-5-10-9(8)12/h3-5,7,11H,6H2,1-2H3,(H,10,12). The van der Waals surface area contributed by atoms with Gasteiger partial charge < -0.3 is 10.3 Å². The first-order valence-corrected chi connectivity index (χ1v) is 4.10. The van der Waals surface area contributed by atoms with Crippen LogP contribution in [0.3, 0.4) is 0 Å². The molecule has 0 aliphatic heterocycles. The second-order valence-corrected chi connectivity index (χ2v) is 3.06. The molecule has 0 spiro atoms. The molecule has 1 rings (SSSR count). The van der Waals surface area contributed by atoms with Crippen molar-refractivity contribution in [3.8, 4) is 0 Å². The molecule has 3 heteroatoms. The van der Waals surface area contributed by atoms with E-state index in [9.17, 15) is 4.79 Å². The van der Waals surface area contributed by atoms with E-state index in [0.717, 1.165) is 5.56 Å². The monoisotopic (exact) mass is 166 g/mol. The molecule has 0 atom stereocenters. The zero-order valence-corrected chi connectivity index (χ0v) is 7.42. The molecule has 0 aromatic carbocycles. The van der Waals surface area contributed by atoms with Gasteiger partial charge >= 0.3 is 0 Å². The quantitative estimate of drug-likeness (QED) is 0.700. The lowest BCUT2D eigenvalue weighted by molar-refractivity contribution is 0.586. The van der Waals surface area contributed by atoms with Crippen molar-refractivity contribution in [2.75, 3.05) is 0 Å². The molecule has 1 aromatic heterocycles. The maximum Gasteiger partial charge on any atom is 0.252 e. The lowest BCUT2D eigenvalue weighted by Crippen LogP contribution is -2.25. The van der Waals surface area contributed by atoms with E-state index < -0.39 is 0 Å². The summed E-state index contributed by atoms with van der Waals surface area (Å²) in [6.45, 7) is 4.74. The minimum absolute atomic E-state index is 0.00866. The average Bonchev–Trinajstić information content (AvgIpc) is 2.03. The van der Waals surface area contributed by atoms with Crippen LogP contribution in [0.1, 0.15) is 19.4 Å². The number of aromatic amines is 1. The summed E-state index contributed by atoms with van der Waals surface area (Å²) in [6.07, 6.45) is 1.64. The third kappa shape index (κ3) is 2.51. The van der Waals surface area contributed by atoms with Gasteiger partial charge in [-0.3, -0.25) is 4.79 Å². The van der Waals surface area contributed by atoms with Gasteiger partial charge in [-0.15, -0.1) is 0 Å². The van der Waals surface area contributed by atoms with Crippen molar-refractivity contribution < 1.29 is 0 Å². The Labute approximate surface area is 71.8 Å². The van der Waals surface area contributed by atoms with Crippen molar-refractivity contribution in [3.05, 3.63) is 34.2 Å². The predicted octanol–water partition coefficient (Wildman–Crippen LogP) is 0.873. The molecule has 2 N–H and O–H groups in total. The number of hydrogen-bond acceptors (Lipinski definition) is 2. The predicted molar refractivity (Wildman–Crippen MR) is 49.0 cm³/mol. The van der Waals surface area contributed by atoms with Gasteiger partial charge in [0.2, 0.25) is 0 Å². The third-order valence-electron chi connectivity index (χ3n) is 1.60. The largest absolute Gasteiger partial charge is 0.329 e. The molecule has 0 radical (unpaired) electrons. The molecule has 66 valence electrons. The van der Waals surface area contributed by atoms with E-state index in [2.05, 4.69) is 24.1 Å². The first kappa shape index (κ1) is 9.00. The Morgan fingerprint density at radius 3 is 2.92 bits per heavy atom. The molecule has 0 saturated carbocycles. The summed E-state index contributed by atoms with van der Waals surface area (Å²) >= 11 is 0. The van der Waals surface area contributed by atoms with Crippen LogP contribution in [0.2, 0.25) is 0 Å². The van der Waals surface area contributed by atoms with Gasteiger partial charge in [0.25, 0.3) is 5.56 Å². The highest BCUT2D eigenvalue weighted by Gasteiger charge is 1.97. The van der Waals surface area contributed by atoms with Crippen LogP contribution in [0, 0.1) is 0 Å². The summed E-state index contributed by atoms with van der Waals surface area (Å²) in [5, 5.41) is 3.18. The van der Waals surface area contributed by atoms with Gasteiger partial charge in [-0.1, -0.05) is 19.9 Å². The summed E-state index contributed by atoms with van der Waals surface area (Å²) < 4.78 is 0. The van der Waals surface area contributed by atoms with Crippen LogP contribution in [0.15, 0.2) is 23.1 Å². The molecule has 0 aliphatic carbocycles. The molecule has 12 heavy (non-hydrogen) atoms. The van der Waals surface area contributed by atoms with Crippen LogP contribution in [-0.2, 0) is 6.54 Å². The van der Waals surface area contributed by atoms with Crippen LogP contribution >= 0.6 is 0 Å². The highest BCUT2D eigenvalue weighted by atomic mass is 16.1. The lowest BCUT2D eigenvalue weighted by atomic mass is 10.2. The van der Waals surface area contributed by atoms with Crippen molar-refractivity contribution in [2.24, 2.45) is 0 Å². The molecular weight excluding hydrogens is 152 g/mol.